The van der Waals surface area contributed by atoms with Crippen molar-refractivity contribution in [1.29, 1.82) is 0 Å². The first kappa shape index (κ1) is 25.3. The zero-order valence-corrected chi connectivity index (χ0v) is 17.7. The molecule has 7 N–H and O–H groups in total. The van der Waals surface area contributed by atoms with E-state index in [1.807, 2.05) is 13.8 Å². The van der Waals surface area contributed by atoms with Crippen LogP contribution < -0.4 is 22.1 Å². The summed E-state index contributed by atoms with van der Waals surface area (Å²) in [5.41, 5.74) is 10.9. The molecule has 11 nitrogen and oxygen atoms in total. The molecule has 1 aliphatic heterocycles. The van der Waals surface area contributed by atoms with Crippen LogP contribution in [0, 0.1) is 5.92 Å². The summed E-state index contributed by atoms with van der Waals surface area (Å²) in [5, 5.41) is 14.0. The van der Waals surface area contributed by atoms with Gasteiger partial charge in [-0.05, 0) is 38.5 Å². The normalized spacial score (nSPS) is 19.1. The molecule has 11 heteroatoms. The molecule has 1 aliphatic rings. The maximum Gasteiger partial charge on any atom is 0.325 e. The third kappa shape index (κ3) is 7.62. The minimum atomic E-state index is -1.18. The maximum atomic E-state index is 12.8. The first-order chi connectivity index (χ1) is 13.9. The van der Waals surface area contributed by atoms with Crippen molar-refractivity contribution in [2.24, 2.45) is 17.4 Å². The van der Waals surface area contributed by atoms with Crippen molar-refractivity contribution in [1.82, 2.24) is 15.5 Å². The standard InChI is InChI=1S/C19H33N5O6/c1-10(2)9-13(16(26)22-11(3)19(29)30)23-17(27)14-5-4-8-24(14)18(28)12(20)6-7-15(21)25/h10-14H,4-9,20H2,1-3H3,(H2,21,25)(H,22,26)(H,23,27)(H,29,30). The molecule has 30 heavy (non-hydrogen) atoms. The molecule has 0 aromatic carbocycles. The molecule has 4 atom stereocenters. The lowest BCUT2D eigenvalue weighted by Gasteiger charge is -2.29. The molecule has 0 aromatic heterocycles. The van der Waals surface area contributed by atoms with Crippen molar-refractivity contribution in [3.63, 3.8) is 0 Å². The number of rotatable bonds is 11. The highest BCUT2D eigenvalue weighted by Crippen LogP contribution is 2.20. The van der Waals surface area contributed by atoms with Gasteiger partial charge in [-0.25, -0.2) is 0 Å². The quantitative estimate of drug-likeness (QED) is 0.271. The fourth-order valence-electron chi connectivity index (χ4n) is 3.28. The lowest BCUT2D eigenvalue weighted by Crippen LogP contribution is -2.56. The number of likely N-dealkylation sites (tertiary alicyclic amines) is 1. The van der Waals surface area contributed by atoms with E-state index in [1.54, 1.807) is 0 Å². The molecule has 0 radical (unpaired) electrons. The van der Waals surface area contributed by atoms with Gasteiger partial charge >= 0.3 is 5.97 Å². The number of carboxylic acid groups (broad SMARTS) is 1. The first-order valence-corrected chi connectivity index (χ1v) is 10.1. The first-order valence-electron chi connectivity index (χ1n) is 10.1. The van der Waals surface area contributed by atoms with E-state index in [-0.39, 0.29) is 18.8 Å². The molecule has 1 saturated heterocycles. The van der Waals surface area contributed by atoms with Crippen LogP contribution in [0.25, 0.3) is 0 Å². The summed E-state index contributed by atoms with van der Waals surface area (Å²) < 4.78 is 0. The third-order valence-electron chi connectivity index (χ3n) is 4.93. The van der Waals surface area contributed by atoms with E-state index in [9.17, 15) is 24.0 Å². The minimum Gasteiger partial charge on any atom is -0.480 e. The molecule has 170 valence electrons. The average molecular weight is 428 g/mol. The van der Waals surface area contributed by atoms with Gasteiger partial charge in [0.05, 0.1) is 6.04 Å². The molecule has 0 aromatic rings. The Labute approximate surface area is 175 Å². The Morgan fingerprint density at radius 1 is 1.13 bits per heavy atom. The molecule has 4 amide bonds. The van der Waals surface area contributed by atoms with E-state index >= 15 is 0 Å². The second-order valence-corrected chi connectivity index (χ2v) is 8.06. The van der Waals surface area contributed by atoms with Gasteiger partial charge in [-0.2, -0.15) is 0 Å². The zero-order valence-electron chi connectivity index (χ0n) is 17.7. The Morgan fingerprint density at radius 2 is 1.77 bits per heavy atom. The van der Waals surface area contributed by atoms with Gasteiger partial charge in [-0.3, -0.25) is 24.0 Å². The summed E-state index contributed by atoms with van der Waals surface area (Å²) in [6, 6.07) is -3.76. The van der Waals surface area contributed by atoms with Gasteiger partial charge in [-0.15, -0.1) is 0 Å². The number of nitrogens with one attached hydrogen (secondary N) is 2. The number of hydrogen-bond acceptors (Lipinski definition) is 6. The fourth-order valence-corrected chi connectivity index (χ4v) is 3.28. The molecule has 1 heterocycles. The summed E-state index contributed by atoms with van der Waals surface area (Å²) in [7, 11) is 0. The fraction of sp³-hybridized carbons (Fsp3) is 0.737. The third-order valence-corrected chi connectivity index (χ3v) is 4.93. The lowest BCUT2D eigenvalue weighted by molar-refractivity contribution is -0.142. The van der Waals surface area contributed by atoms with Crippen LogP contribution >= 0.6 is 0 Å². The van der Waals surface area contributed by atoms with Crippen molar-refractivity contribution >= 4 is 29.6 Å². The van der Waals surface area contributed by atoms with Gasteiger partial charge in [0, 0.05) is 13.0 Å². The maximum absolute atomic E-state index is 12.8. The number of primary amides is 1. The Morgan fingerprint density at radius 3 is 2.30 bits per heavy atom. The van der Waals surface area contributed by atoms with Crippen molar-refractivity contribution in [3.8, 4) is 0 Å². The topological polar surface area (TPSA) is 185 Å². The van der Waals surface area contributed by atoms with Gasteiger partial charge in [0.2, 0.25) is 23.6 Å². The van der Waals surface area contributed by atoms with Crippen LogP contribution in [-0.4, -0.2) is 70.3 Å². The number of hydrogen-bond donors (Lipinski definition) is 5. The van der Waals surface area contributed by atoms with E-state index in [1.165, 1.54) is 11.8 Å². The van der Waals surface area contributed by atoms with Gasteiger partial charge in [0.15, 0.2) is 0 Å². The van der Waals surface area contributed by atoms with Crippen molar-refractivity contribution in [2.45, 2.75) is 77.0 Å². The van der Waals surface area contributed by atoms with Crippen LogP contribution in [0.2, 0.25) is 0 Å². The number of carbonyl (C=O) groups excluding carboxylic acids is 4. The largest absolute Gasteiger partial charge is 0.480 e. The SMILES string of the molecule is CC(C)CC(NC(=O)C1CCCN1C(=O)C(N)CCC(N)=O)C(=O)NC(C)C(=O)O. The van der Waals surface area contributed by atoms with E-state index in [0.29, 0.717) is 25.8 Å². The molecular formula is C19H33N5O6. The molecule has 0 bridgehead atoms. The van der Waals surface area contributed by atoms with Crippen molar-refractivity contribution < 1.29 is 29.1 Å². The Balaban J connectivity index is 2.83. The summed E-state index contributed by atoms with van der Waals surface area (Å²) >= 11 is 0. The summed E-state index contributed by atoms with van der Waals surface area (Å²) in [6.07, 6.45) is 1.38. The summed E-state index contributed by atoms with van der Waals surface area (Å²) in [5.74, 6) is -3.22. The number of amides is 4. The molecule has 0 aliphatic carbocycles. The monoisotopic (exact) mass is 427 g/mol. The highest BCUT2D eigenvalue weighted by Gasteiger charge is 2.37. The molecular weight excluding hydrogens is 394 g/mol. The minimum absolute atomic E-state index is 0.0317. The molecule has 1 rings (SSSR count). The molecule has 0 saturated carbocycles. The highest BCUT2D eigenvalue weighted by molar-refractivity contribution is 5.94. The molecule has 1 fully saturated rings. The van der Waals surface area contributed by atoms with Gasteiger partial charge in [-0.1, -0.05) is 13.8 Å². The van der Waals surface area contributed by atoms with Crippen LogP contribution in [0.15, 0.2) is 0 Å². The van der Waals surface area contributed by atoms with Crippen LogP contribution in [0.4, 0.5) is 0 Å². The molecule has 0 spiro atoms. The smallest absolute Gasteiger partial charge is 0.325 e. The average Bonchev–Trinajstić information content (AvgIpc) is 3.14. The van der Waals surface area contributed by atoms with E-state index in [0.717, 1.165) is 0 Å². The Hall–Kier alpha value is -2.69. The zero-order chi connectivity index (χ0) is 23.0. The Bertz CT molecular complexity index is 668. The summed E-state index contributed by atoms with van der Waals surface area (Å²) in [6.45, 7) is 5.42. The second kappa shape index (κ2) is 11.5. The van der Waals surface area contributed by atoms with Crippen molar-refractivity contribution in [3.05, 3.63) is 0 Å². The summed E-state index contributed by atoms with van der Waals surface area (Å²) in [4.78, 5) is 61.2. The molecule has 4 unspecified atom stereocenters. The number of aliphatic carboxylic acids is 1. The number of carboxylic acids is 1. The van der Waals surface area contributed by atoms with Crippen LogP contribution in [0.3, 0.4) is 0 Å². The van der Waals surface area contributed by atoms with Gasteiger partial charge in [0.1, 0.15) is 18.1 Å². The van der Waals surface area contributed by atoms with E-state index in [4.69, 9.17) is 16.6 Å². The van der Waals surface area contributed by atoms with E-state index < -0.39 is 53.8 Å². The van der Waals surface area contributed by atoms with Gasteiger partial charge < -0.3 is 32.1 Å². The number of nitrogens with zero attached hydrogens (tertiary/aromatic N) is 1. The van der Waals surface area contributed by atoms with Crippen LogP contribution in [-0.2, 0) is 24.0 Å². The number of carbonyl (C=O) groups is 5. The lowest BCUT2D eigenvalue weighted by atomic mass is 10.0. The predicted molar refractivity (Wildman–Crippen MR) is 108 cm³/mol. The predicted octanol–water partition coefficient (Wildman–Crippen LogP) is -1.31. The van der Waals surface area contributed by atoms with Gasteiger partial charge in [0.25, 0.3) is 0 Å². The highest BCUT2D eigenvalue weighted by atomic mass is 16.4. The van der Waals surface area contributed by atoms with E-state index in [2.05, 4.69) is 10.6 Å². The number of nitrogens with two attached hydrogens (primary N) is 2. The second-order valence-electron chi connectivity index (χ2n) is 8.06. The van der Waals surface area contributed by atoms with Crippen molar-refractivity contribution in [2.75, 3.05) is 6.54 Å². The Kier molecular flexibility index (Phi) is 9.70. The van der Waals surface area contributed by atoms with Crippen LogP contribution in [0.5, 0.6) is 0 Å². The van der Waals surface area contributed by atoms with Crippen LogP contribution in [0.1, 0.15) is 52.9 Å².